The van der Waals surface area contributed by atoms with Gasteiger partial charge in [0.05, 0.1) is 19.3 Å². The van der Waals surface area contributed by atoms with Crippen molar-refractivity contribution in [2.24, 2.45) is 0 Å². The fourth-order valence-electron chi connectivity index (χ4n) is 1.03. The van der Waals surface area contributed by atoms with Crippen LogP contribution in [-0.4, -0.2) is 6.61 Å². The molecule has 0 amide bonds. The second kappa shape index (κ2) is 5.79. The normalized spacial score (nSPS) is 10.2. The lowest BCUT2D eigenvalue weighted by molar-refractivity contribution is 0.149. The van der Waals surface area contributed by atoms with Gasteiger partial charge in [-0.3, -0.25) is 0 Å². The summed E-state index contributed by atoms with van der Waals surface area (Å²) in [5, 5.41) is 8.21. The lowest BCUT2D eigenvalue weighted by Gasteiger charge is -2.01. The lowest BCUT2D eigenvalue weighted by Crippen LogP contribution is -1.94. The number of nitrogens with two attached hydrogens (primary N) is 1. The van der Waals surface area contributed by atoms with Crippen LogP contribution < -0.4 is 5.73 Å². The number of anilines is 1. The van der Waals surface area contributed by atoms with Gasteiger partial charge in [0.15, 0.2) is 0 Å². The Morgan fingerprint density at radius 1 is 1.50 bits per heavy atom. The second-order valence-corrected chi connectivity index (χ2v) is 2.79. The van der Waals surface area contributed by atoms with E-state index in [0.717, 1.165) is 11.3 Å². The molecule has 3 heteroatoms. The average molecular weight is 188 g/mol. The monoisotopic (exact) mass is 188 g/mol. The summed E-state index contributed by atoms with van der Waals surface area (Å²) < 4.78 is 5.28. The maximum Gasteiger partial charge on any atom is 0.0909 e. The Bertz CT molecular complexity index is 353. The Morgan fingerprint density at radius 2 is 2.36 bits per heavy atom. The van der Waals surface area contributed by atoms with Crippen molar-refractivity contribution in [2.45, 2.75) is 6.61 Å². The zero-order valence-corrected chi connectivity index (χ0v) is 7.81. The molecule has 0 spiro atoms. The van der Waals surface area contributed by atoms with Gasteiger partial charge < -0.3 is 10.5 Å². The predicted molar refractivity (Wildman–Crippen MR) is 55.3 cm³/mol. The molecule has 0 bridgehead atoms. The Hall–Kier alpha value is -1.79. The standard InChI is InChI=1S/C11H12N2O/c12-6-1-2-7-14-9-10-4-3-5-11(13)8-10/h1-5,8H,7,9,13H2. The largest absolute Gasteiger partial charge is 0.399 e. The van der Waals surface area contributed by atoms with E-state index in [4.69, 9.17) is 15.7 Å². The van der Waals surface area contributed by atoms with Gasteiger partial charge in [0.2, 0.25) is 0 Å². The highest BCUT2D eigenvalue weighted by molar-refractivity contribution is 5.40. The van der Waals surface area contributed by atoms with Crippen LogP contribution in [0.4, 0.5) is 5.69 Å². The quantitative estimate of drug-likeness (QED) is 0.445. The van der Waals surface area contributed by atoms with E-state index in [2.05, 4.69) is 0 Å². The maximum absolute atomic E-state index is 8.21. The number of hydrogen-bond acceptors (Lipinski definition) is 3. The molecule has 2 N–H and O–H groups in total. The van der Waals surface area contributed by atoms with Crippen molar-refractivity contribution in [1.82, 2.24) is 0 Å². The van der Waals surface area contributed by atoms with Crippen LogP contribution in [0, 0.1) is 11.3 Å². The van der Waals surface area contributed by atoms with Crippen LogP contribution >= 0.6 is 0 Å². The second-order valence-electron chi connectivity index (χ2n) is 2.79. The Morgan fingerprint density at radius 3 is 3.07 bits per heavy atom. The van der Waals surface area contributed by atoms with Gasteiger partial charge in [0, 0.05) is 11.8 Å². The molecule has 1 aromatic carbocycles. The molecule has 0 saturated heterocycles. The summed E-state index contributed by atoms with van der Waals surface area (Å²) >= 11 is 0. The zero-order valence-electron chi connectivity index (χ0n) is 7.81. The van der Waals surface area contributed by atoms with Crippen LogP contribution in [0.2, 0.25) is 0 Å². The third kappa shape index (κ3) is 3.74. The van der Waals surface area contributed by atoms with Crippen molar-refractivity contribution in [3.63, 3.8) is 0 Å². The van der Waals surface area contributed by atoms with Crippen molar-refractivity contribution < 1.29 is 4.74 Å². The first-order valence-corrected chi connectivity index (χ1v) is 4.29. The number of rotatable bonds is 4. The highest BCUT2D eigenvalue weighted by Crippen LogP contribution is 2.07. The van der Waals surface area contributed by atoms with E-state index in [1.54, 1.807) is 6.08 Å². The molecule has 0 aliphatic rings. The molecule has 1 aromatic rings. The minimum atomic E-state index is 0.447. The van der Waals surface area contributed by atoms with Crippen LogP contribution in [0.15, 0.2) is 36.4 Å². The molecule has 1 rings (SSSR count). The van der Waals surface area contributed by atoms with Crippen LogP contribution in [0.25, 0.3) is 0 Å². The zero-order chi connectivity index (χ0) is 10.2. The first-order valence-electron chi connectivity index (χ1n) is 4.29. The molecular formula is C11H12N2O. The van der Waals surface area contributed by atoms with E-state index in [1.165, 1.54) is 6.08 Å². The summed E-state index contributed by atoms with van der Waals surface area (Å²) in [7, 11) is 0. The molecule has 72 valence electrons. The third-order valence-corrected chi connectivity index (χ3v) is 1.63. The molecule has 0 aliphatic heterocycles. The van der Waals surface area contributed by atoms with Gasteiger partial charge in [0.1, 0.15) is 0 Å². The fraction of sp³-hybridized carbons (Fsp3) is 0.182. The topological polar surface area (TPSA) is 59.0 Å². The average Bonchev–Trinajstić information content (AvgIpc) is 2.18. The van der Waals surface area contributed by atoms with E-state index in [9.17, 15) is 0 Å². The highest BCUT2D eigenvalue weighted by Gasteiger charge is 1.92. The molecule has 0 unspecified atom stereocenters. The van der Waals surface area contributed by atoms with Gasteiger partial charge in [-0.25, -0.2) is 0 Å². The first-order chi connectivity index (χ1) is 6.83. The van der Waals surface area contributed by atoms with Gasteiger partial charge in [-0.05, 0) is 23.8 Å². The van der Waals surface area contributed by atoms with Crippen molar-refractivity contribution >= 4 is 5.69 Å². The molecule has 14 heavy (non-hydrogen) atoms. The van der Waals surface area contributed by atoms with Gasteiger partial charge >= 0.3 is 0 Å². The summed E-state index contributed by atoms with van der Waals surface area (Å²) in [4.78, 5) is 0. The molecule has 0 heterocycles. The molecule has 0 radical (unpaired) electrons. The van der Waals surface area contributed by atoms with Gasteiger partial charge in [0.25, 0.3) is 0 Å². The van der Waals surface area contributed by atoms with Crippen LogP contribution in [0.5, 0.6) is 0 Å². The SMILES string of the molecule is N#CC=CCOCc1cccc(N)c1. The number of allylic oxidation sites excluding steroid dienone is 1. The number of hydrogen-bond donors (Lipinski definition) is 1. The highest BCUT2D eigenvalue weighted by atomic mass is 16.5. The minimum absolute atomic E-state index is 0.447. The summed E-state index contributed by atoms with van der Waals surface area (Å²) in [6, 6.07) is 9.43. The number of benzene rings is 1. The lowest BCUT2D eigenvalue weighted by atomic mass is 10.2. The Kier molecular flexibility index (Phi) is 4.25. The van der Waals surface area contributed by atoms with Gasteiger partial charge in [-0.1, -0.05) is 12.1 Å². The summed E-state index contributed by atoms with van der Waals surface area (Å²) in [6.07, 6.45) is 3.08. The van der Waals surface area contributed by atoms with E-state index in [1.807, 2.05) is 30.3 Å². The predicted octanol–water partition coefficient (Wildman–Crippen LogP) is 1.87. The van der Waals surface area contributed by atoms with Gasteiger partial charge in [-0.15, -0.1) is 0 Å². The van der Waals surface area contributed by atoms with E-state index < -0.39 is 0 Å². The Balaban J connectivity index is 2.32. The molecule has 0 saturated carbocycles. The van der Waals surface area contributed by atoms with Crippen molar-refractivity contribution in [1.29, 1.82) is 5.26 Å². The number of ether oxygens (including phenoxy) is 1. The fourth-order valence-corrected chi connectivity index (χ4v) is 1.03. The minimum Gasteiger partial charge on any atom is -0.399 e. The van der Waals surface area contributed by atoms with Crippen LogP contribution in [0.3, 0.4) is 0 Å². The first kappa shape index (κ1) is 10.3. The Labute approximate surface area is 83.4 Å². The molecule has 0 aliphatic carbocycles. The smallest absolute Gasteiger partial charge is 0.0909 e. The van der Waals surface area contributed by atoms with E-state index in [0.29, 0.717) is 13.2 Å². The van der Waals surface area contributed by atoms with Crippen molar-refractivity contribution in [2.75, 3.05) is 12.3 Å². The molecule has 0 aromatic heterocycles. The van der Waals surface area contributed by atoms with Crippen molar-refractivity contribution in [3.8, 4) is 6.07 Å². The molecular weight excluding hydrogens is 176 g/mol. The number of nitrogen functional groups attached to an aromatic ring is 1. The van der Waals surface area contributed by atoms with Gasteiger partial charge in [-0.2, -0.15) is 5.26 Å². The van der Waals surface area contributed by atoms with Crippen LogP contribution in [0.1, 0.15) is 5.56 Å². The van der Waals surface area contributed by atoms with Crippen molar-refractivity contribution in [3.05, 3.63) is 42.0 Å². The molecule has 0 atom stereocenters. The number of nitriles is 1. The summed E-state index contributed by atoms with van der Waals surface area (Å²) in [5.74, 6) is 0. The molecule has 3 nitrogen and oxygen atoms in total. The summed E-state index contributed by atoms with van der Waals surface area (Å²) in [5.41, 5.74) is 7.37. The molecule has 0 fully saturated rings. The third-order valence-electron chi connectivity index (χ3n) is 1.63. The maximum atomic E-state index is 8.21. The van der Waals surface area contributed by atoms with E-state index >= 15 is 0 Å². The number of nitrogens with zero attached hydrogens (tertiary/aromatic N) is 1. The van der Waals surface area contributed by atoms with E-state index in [-0.39, 0.29) is 0 Å². The van der Waals surface area contributed by atoms with Crippen LogP contribution in [-0.2, 0) is 11.3 Å². The summed E-state index contributed by atoms with van der Waals surface area (Å²) in [6.45, 7) is 0.961.